The molecule has 1 saturated carbocycles. The lowest BCUT2D eigenvalue weighted by Crippen LogP contribution is -2.37. The zero-order chi connectivity index (χ0) is 14.9. The van der Waals surface area contributed by atoms with E-state index in [1.54, 1.807) is 31.9 Å². The van der Waals surface area contributed by atoms with Gasteiger partial charge < -0.3 is 15.3 Å². The van der Waals surface area contributed by atoms with Crippen molar-refractivity contribution in [2.24, 2.45) is 0 Å². The Balaban J connectivity index is 2.20. The van der Waals surface area contributed by atoms with E-state index in [2.05, 4.69) is 10.3 Å². The molecule has 1 aromatic heterocycles. The Bertz CT molecular complexity index is 553. The number of aryl methyl sites for hydroxylation is 2. The zero-order valence-corrected chi connectivity index (χ0v) is 11.9. The maximum Gasteiger partial charge on any atom is 0.339 e. The van der Waals surface area contributed by atoms with Gasteiger partial charge in [0.05, 0.1) is 6.54 Å². The minimum absolute atomic E-state index is 0.104. The summed E-state index contributed by atoms with van der Waals surface area (Å²) in [7, 11) is 1.68. The Morgan fingerprint density at radius 2 is 2.10 bits per heavy atom. The van der Waals surface area contributed by atoms with Crippen molar-refractivity contribution in [3.63, 3.8) is 0 Å². The summed E-state index contributed by atoms with van der Waals surface area (Å²) in [5.74, 6) is -0.798. The molecular weight excluding hydrogens is 258 g/mol. The number of hydrogen-bond donors (Lipinski definition) is 2. The molecule has 2 rings (SSSR count). The van der Waals surface area contributed by atoms with Crippen molar-refractivity contribution >= 4 is 17.7 Å². The van der Waals surface area contributed by atoms with Gasteiger partial charge in [0.25, 0.3) is 0 Å². The fourth-order valence-corrected chi connectivity index (χ4v) is 2.15. The number of amides is 1. The fraction of sp³-hybridized carbons (Fsp3) is 0.500. The predicted molar refractivity (Wildman–Crippen MR) is 75.1 cm³/mol. The van der Waals surface area contributed by atoms with Gasteiger partial charge >= 0.3 is 5.97 Å². The maximum atomic E-state index is 11.8. The van der Waals surface area contributed by atoms with Crippen LogP contribution in [0, 0.1) is 13.8 Å². The van der Waals surface area contributed by atoms with Crippen LogP contribution in [0.2, 0.25) is 0 Å². The fourth-order valence-electron chi connectivity index (χ4n) is 2.15. The number of carbonyl (C=O) groups excluding carboxylic acids is 1. The molecule has 0 aliphatic heterocycles. The van der Waals surface area contributed by atoms with Gasteiger partial charge in [-0.1, -0.05) is 0 Å². The van der Waals surface area contributed by atoms with Crippen molar-refractivity contribution in [3.8, 4) is 0 Å². The van der Waals surface area contributed by atoms with E-state index in [4.69, 9.17) is 0 Å². The average molecular weight is 277 g/mol. The number of pyridine rings is 1. The molecule has 2 N–H and O–H groups in total. The number of aromatic nitrogens is 1. The summed E-state index contributed by atoms with van der Waals surface area (Å²) in [4.78, 5) is 29.0. The summed E-state index contributed by atoms with van der Waals surface area (Å²) in [6.07, 6.45) is 2.05. The molecule has 0 radical (unpaired) electrons. The summed E-state index contributed by atoms with van der Waals surface area (Å²) in [5, 5.41) is 12.2. The van der Waals surface area contributed by atoms with Crippen LogP contribution in [0.25, 0.3) is 0 Å². The molecular formula is C14H19N3O3. The van der Waals surface area contributed by atoms with Gasteiger partial charge in [0.15, 0.2) is 0 Å². The Morgan fingerprint density at radius 1 is 1.45 bits per heavy atom. The number of carboxylic acids is 1. The summed E-state index contributed by atoms with van der Waals surface area (Å²) in [5.41, 5.74) is 1.53. The first kappa shape index (κ1) is 14.3. The van der Waals surface area contributed by atoms with Crippen molar-refractivity contribution in [2.75, 3.05) is 18.5 Å². The van der Waals surface area contributed by atoms with Crippen LogP contribution in [0.15, 0.2) is 6.07 Å². The van der Waals surface area contributed by atoms with Crippen molar-refractivity contribution in [2.45, 2.75) is 32.7 Å². The SMILES string of the molecule is Cc1cc(C)c(C(=O)O)c(N(C)CC(=O)NC2CC2)n1. The lowest BCUT2D eigenvalue weighted by atomic mass is 10.1. The maximum absolute atomic E-state index is 11.8. The van der Waals surface area contributed by atoms with E-state index >= 15 is 0 Å². The van der Waals surface area contributed by atoms with Gasteiger partial charge in [-0.15, -0.1) is 0 Å². The Kier molecular flexibility index (Phi) is 3.92. The van der Waals surface area contributed by atoms with Crippen LogP contribution in [0.4, 0.5) is 5.82 Å². The summed E-state index contributed by atoms with van der Waals surface area (Å²) >= 11 is 0. The van der Waals surface area contributed by atoms with Gasteiger partial charge in [-0.05, 0) is 38.3 Å². The molecule has 0 spiro atoms. The van der Waals surface area contributed by atoms with Crippen molar-refractivity contribution in [3.05, 3.63) is 22.9 Å². The minimum Gasteiger partial charge on any atom is -0.478 e. The summed E-state index contributed by atoms with van der Waals surface area (Å²) in [6.45, 7) is 3.65. The van der Waals surface area contributed by atoms with Crippen LogP contribution in [-0.2, 0) is 4.79 Å². The van der Waals surface area contributed by atoms with Gasteiger partial charge in [0, 0.05) is 18.8 Å². The topological polar surface area (TPSA) is 82.5 Å². The van der Waals surface area contributed by atoms with Crippen LogP contribution >= 0.6 is 0 Å². The standard InChI is InChI=1S/C14H19N3O3/c1-8-6-9(2)15-13(12(8)14(19)20)17(3)7-11(18)16-10-4-5-10/h6,10H,4-5,7H2,1-3H3,(H,16,18)(H,19,20). The highest BCUT2D eigenvalue weighted by atomic mass is 16.4. The molecule has 1 heterocycles. The number of hydrogen-bond acceptors (Lipinski definition) is 4. The van der Waals surface area contributed by atoms with Crippen molar-refractivity contribution in [1.29, 1.82) is 0 Å². The number of anilines is 1. The molecule has 1 aliphatic carbocycles. The molecule has 6 heteroatoms. The number of carboxylic acid groups (broad SMARTS) is 1. The first-order chi connectivity index (χ1) is 9.38. The minimum atomic E-state index is -1.03. The number of rotatable bonds is 5. The first-order valence-electron chi connectivity index (χ1n) is 6.60. The van der Waals surface area contributed by atoms with E-state index in [1.807, 2.05) is 0 Å². The van der Waals surface area contributed by atoms with E-state index in [0.29, 0.717) is 17.4 Å². The van der Waals surface area contributed by atoms with Gasteiger partial charge in [-0.2, -0.15) is 0 Å². The molecule has 0 saturated heterocycles. The van der Waals surface area contributed by atoms with E-state index in [9.17, 15) is 14.7 Å². The second kappa shape index (κ2) is 5.48. The largest absolute Gasteiger partial charge is 0.478 e. The summed E-state index contributed by atoms with van der Waals surface area (Å²) in [6, 6.07) is 2.02. The number of nitrogens with zero attached hydrogens (tertiary/aromatic N) is 2. The van der Waals surface area contributed by atoms with E-state index < -0.39 is 5.97 Å². The second-order valence-electron chi connectivity index (χ2n) is 5.28. The van der Waals surface area contributed by atoms with Crippen LogP contribution < -0.4 is 10.2 Å². The first-order valence-corrected chi connectivity index (χ1v) is 6.60. The predicted octanol–water partition coefficient (Wildman–Crippen LogP) is 1.11. The average Bonchev–Trinajstić information content (AvgIpc) is 3.10. The van der Waals surface area contributed by atoms with Crippen LogP contribution in [0.5, 0.6) is 0 Å². The molecule has 1 aliphatic rings. The number of carbonyl (C=O) groups is 2. The molecule has 0 unspecified atom stereocenters. The quantitative estimate of drug-likeness (QED) is 0.842. The zero-order valence-electron chi connectivity index (χ0n) is 11.9. The number of aromatic carboxylic acids is 1. The molecule has 20 heavy (non-hydrogen) atoms. The lowest BCUT2D eigenvalue weighted by molar-refractivity contribution is -0.119. The molecule has 1 amide bonds. The third-order valence-corrected chi connectivity index (χ3v) is 3.22. The van der Waals surface area contributed by atoms with Crippen molar-refractivity contribution in [1.82, 2.24) is 10.3 Å². The molecule has 1 aromatic rings. The monoisotopic (exact) mass is 277 g/mol. The van der Waals surface area contributed by atoms with Gasteiger partial charge in [0.2, 0.25) is 5.91 Å². The Hall–Kier alpha value is -2.11. The Labute approximate surface area is 117 Å². The molecule has 108 valence electrons. The van der Waals surface area contributed by atoms with E-state index in [0.717, 1.165) is 18.5 Å². The molecule has 6 nitrogen and oxygen atoms in total. The molecule has 1 fully saturated rings. The van der Waals surface area contributed by atoms with E-state index in [-0.39, 0.29) is 18.0 Å². The Morgan fingerprint density at radius 3 is 2.65 bits per heavy atom. The second-order valence-corrected chi connectivity index (χ2v) is 5.28. The number of nitrogens with one attached hydrogen (secondary N) is 1. The van der Waals surface area contributed by atoms with Crippen molar-refractivity contribution < 1.29 is 14.7 Å². The van der Waals surface area contributed by atoms with Gasteiger partial charge in [-0.25, -0.2) is 9.78 Å². The van der Waals surface area contributed by atoms with Crippen LogP contribution in [0.3, 0.4) is 0 Å². The third kappa shape index (κ3) is 3.26. The third-order valence-electron chi connectivity index (χ3n) is 3.22. The lowest BCUT2D eigenvalue weighted by Gasteiger charge is -2.21. The molecule has 0 bridgehead atoms. The van der Waals surface area contributed by atoms with Gasteiger partial charge in [0.1, 0.15) is 11.4 Å². The normalized spacial score (nSPS) is 13.9. The van der Waals surface area contributed by atoms with Crippen LogP contribution in [-0.4, -0.2) is 41.6 Å². The van der Waals surface area contributed by atoms with E-state index in [1.165, 1.54) is 0 Å². The molecule has 0 atom stereocenters. The molecule has 0 aromatic carbocycles. The smallest absolute Gasteiger partial charge is 0.339 e. The highest BCUT2D eigenvalue weighted by Crippen LogP contribution is 2.22. The number of likely N-dealkylation sites (N-methyl/N-ethyl adjacent to an activating group) is 1. The van der Waals surface area contributed by atoms with Crippen LogP contribution in [0.1, 0.15) is 34.5 Å². The summed E-state index contributed by atoms with van der Waals surface area (Å²) < 4.78 is 0. The highest BCUT2D eigenvalue weighted by Gasteiger charge is 2.25. The van der Waals surface area contributed by atoms with Gasteiger partial charge in [-0.3, -0.25) is 4.79 Å². The highest BCUT2D eigenvalue weighted by molar-refractivity contribution is 5.95.